The number of hydrogen-bond donors (Lipinski definition) is 0. The lowest BCUT2D eigenvalue weighted by Gasteiger charge is -2.34. The summed E-state index contributed by atoms with van der Waals surface area (Å²) >= 11 is 0. The quantitative estimate of drug-likeness (QED) is 0.706. The van der Waals surface area contributed by atoms with Crippen molar-refractivity contribution in [2.75, 3.05) is 0 Å². The van der Waals surface area contributed by atoms with Crippen LogP contribution in [-0.2, 0) is 22.4 Å². The largest absolute Gasteiger partial charge is 0.428 e. The highest BCUT2D eigenvalue weighted by molar-refractivity contribution is 5.55. The molecule has 0 saturated heterocycles. The highest BCUT2D eigenvalue weighted by Crippen LogP contribution is 2.42. The Balaban J connectivity index is 2.19. The molecule has 0 N–H and O–H groups in total. The number of ether oxygens (including phenoxy) is 2. The van der Waals surface area contributed by atoms with Crippen LogP contribution < -0.4 is 4.57 Å². The van der Waals surface area contributed by atoms with Crippen molar-refractivity contribution in [2.45, 2.75) is 25.9 Å². The standard InChI is InChI=1S/C14H17N2O2/c1-5-12-9-13-15(4)6-7-16(13)14(12)17-10(2)8-11(3)18-14/h5-10H,1H2,2-4H3/q+1. The van der Waals surface area contributed by atoms with E-state index in [1.807, 2.05) is 54.6 Å². The lowest BCUT2D eigenvalue weighted by atomic mass is 10.1. The van der Waals surface area contributed by atoms with Gasteiger partial charge in [0.2, 0.25) is 0 Å². The number of imidazole rings is 1. The van der Waals surface area contributed by atoms with Crippen molar-refractivity contribution in [3.05, 3.63) is 48.3 Å². The molecule has 18 heavy (non-hydrogen) atoms. The zero-order valence-electron chi connectivity index (χ0n) is 10.9. The molecule has 0 bridgehead atoms. The molecule has 3 rings (SSSR count). The molecule has 3 heterocycles. The Labute approximate surface area is 106 Å². The van der Waals surface area contributed by atoms with Gasteiger partial charge in [-0.1, -0.05) is 12.7 Å². The van der Waals surface area contributed by atoms with Crippen LogP contribution in [0.5, 0.6) is 0 Å². The van der Waals surface area contributed by atoms with Gasteiger partial charge >= 0.3 is 5.91 Å². The second kappa shape index (κ2) is 3.59. The molecule has 0 aromatic carbocycles. The molecule has 0 fully saturated rings. The molecule has 0 radical (unpaired) electrons. The minimum Gasteiger partial charge on any atom is -0.428 e. The maximum atomic E-state index is 6.06. The van der Waals surface area contributed by atoms with Crippen LogP contribution in [0.1, 0.15) is 19.7 Å². The van der Waals surface area contributed by atoms with Crippen LogP contribution in [0.4, 0.5) is 0 Å². The molecule has 2 unspecified atom stereocenters. The first-order valence-corrected chi connectivity index (χ1v) is 6.04. The predicted octanol–water partition coefficient (Wildman–Crippen LogP) is 1.84. The monoisotopic (exact) mass is 245 g/mol. The molecule has 0 amide bonds. The molecule has 94 valence electrons. The summed E-state index contributed by atoms with van der Waals surface area (Å²) in [6.45, 7) is 7.82. The molecule has 4 heteroatoms. The van der Waals surface area contributed by atoms with Gasteiger partial charge in [-0.3, -0.25) is 4.74 Å². The van der Waals surface area contributed by atoms with Gasteiger partial charge in [0.1, 0.15) is 18.2 Å². The highest BCUT2D eigenvalue weighted by atomic mass is 16.7. The fourth-order valence-corrected chi connectivity index (χ4v) is 2.59. The second-order valence-corrected chi connectivity index (χ2v) is 4.73. The average Bonchev–Trinajstić information content (AvgIpc) is 2.78. The molecule has 1 spiro atoms. The summed E-state index contributed by atoms with van der Waals surface area (Å²) < 4.78 is 16.1. The van der Waals surface area contributed by atoms with E-state index in [1.54, 1.807) is 6.08 Å². The number of fused-ring (bicyclic) bond motifs is 2. The first-order valence-electron chi connectivity index (χ1n) is 6.04. The van der Waals surface area contributed by atoms with Crippen LogP contribution in [0.15, 0.2) is 42.5 Å². The molecule has 0 aliphatic carbocycles. The molecular weight excluding hydrogens is 228 g/mol. The maximum absolute atomic E-state index is 6.06. The van der Waals surface area contributed by atoms with Crippen LogP contribution >= 0.6 is 0 Å². The van der Waals surface area contributed by atoms with Gasteiger partial charge < -0.3 is 4.74 Å². The van der Waals surface area contributed by atoms with E-state index in [-0.39, 0.29) is 6.10 Å². The third-order valence-corrected chi connectivity index (χ3v) is 3.35. The van der Waals surface area contributed by atoms with E-state index >= 15 is 0 Å². The Morgan fingerprint density at radius 3 is 3.00 bits per heavy atom. The first-order chi connectivity index (χ1) is 8.56. The van der Waals surface area contributed by atoms with Gasteiger partial charge in [-0.25, -0.2) is 4.57 Å². The van der Waals surface area contributed by atoms with Crippen molar-refractivity contribution in [3.8, 4) is 0 Å². The summed E-state index contributed by atoms with van der Waals surface area (Å²) in [6, 6.07) is 0. The number of hydrogen-bond acceptors (Lipinski definition) is 2. The summed E-state index contributed by atoms with van der Waals surface area (Å²) in [5.41, 5.74) is 0.924. The fraction of sp³-hybridized carbons (Fsp3) is 0.357. The summed E-state index contributed by atoms with van der Waals surface area (Å²) in [5, 5.41) is 0. The number of aryl methyl sites for hydroxylation is 1. The summed E-state index contributed by atoms with van der Waals surface area (Å²) in [7, 11) is 2.00. The van der Waals surface area contributed by atoms with E-state index in [0.717, 1.165) is 17.2 Å². The average molecular weight is 245 g/mol. The van der Waals surface area contributed by atoms with Crippen molar-refractivity contribution in [2.24, 2.45) is 7.05 Å². The van der Waals surface area contributed by atoms with Gasteiger partial charge in [0.15, 0.2) is 0 Å². The SMILES string of the molecule is C=CC1=Cc2n(cc[n+]2C)C12OC(C)=CC(C)O2. The predicted molar refractivity (Wildman–Crippen MR) is 67.1 cm³/mol. The van der Waals surface area contributed by atoms with Crippen molar-refractivity contribution in [1.29, 1.82) is 0 Å². The van der Waals surface area contributed by atoms with Crippen LogP contribution in [0, 0.1) is 0 Å². The first kappa shape index (κ1) is 11.3. The molecule has 0 saturated carbocycles. The van der Waals surface area contributed by atoms with E-state index in [4.69, 9.17) is 9.47 Å². The molecular formula is C14H17N2O2+. The molecule has 2 aliphatic rings. The molecule has 1 aromatic heterocycles. The zero-order valence-corrected chi connectivity index (χ0v) is 10.9. The van der Waals surface area contributed by atoms with Gasteiger partial charge in [-0.15, -0.1) is 0 Å². The van der Waals surface area contributed by atoms with Gasteiger partial charge in [0.25, 0.3) is 5.82 Å². The third-order valence-electron chi connectivity index (χ3n) is 3.35. The van der Waals surface area contributed by atoms with E-state index in [9.17, 15) is 0 Å². The summed E-state index contributed by atoms with van der Waals surface area (Å²) in [4.78, 5) is 0. The van der Waals surface area contributed by atoms with Crippen LogP contribution in [-0.4, -0.2) is 10.7 Å². The van der Waals surface area contributed by atoms with Crippen molar-refractivity contribution < 1.29 is 14.0 Å². The Morgan fingerprint density at radius 1 is 1.56 bits per heavy atom. The van der Waals surface area contributed by atoms with E-state index in [1.165, 1.54) is 0 Å². The Hall–Kier alpha value is -1.81. The topological polar surface area (TPSA) is 27.3 Å². The van der Waals surface area contributed by atoms with E-state index in [0.29, 0.717) is 0 Å². The number of rotatable bonds is 1. The third kappa shape index (κ3) is 1.32. The molecule has 4 nitrogen and oxygen atoms in total. The summed E-state index contributed by atoms with van der Waals surface area (Å²) in [5.74, 6) is 1.01. The van der Waals surface area contributed by atoms with Gasteiger partial charge in [-0.2, -0.15) is 4.57 Å². The number of aromatic nitrogens is 2. The minimum absolute atomic E-state index is 0.000700. The number of nitrogens with zero attached hydrogens (tertiary/aromatic N) is 2. The maximum Gasteiger partial charge on any atom is 0.399 e. The van der Waals surface area contributed by atoms with Crippen LogP contribution in [0.2, 0.25) is 0 Å². The molecule has 2 atom stereocenters. The molecule has 2 aliphatic heterocycles. The lowest BCUT2D eigenvalue weighted by Crippen LogP contribution is -2.43. The van der Waals surface area contributed by atoms with Crippen molar-refractivity contribution >= 4 is 6.08 Å². The van der Waals surface area contributed by atoms with Gasteiger partial charge in [0, 0.05) is 6.08 Å². The van der Waals surface area contributed by atoms with E-state index in [2.05, 4.69) is 6.58 Å². The molecule has 1 aromatic rings. The smallest absolute Gasteiger partial charge is 0.399 e. The summed E-state index contributed by atoms with van der Waals surface area (Å²) in [6.07, 6.45) is 9.75. The minimum atomic E-state index is -0.892. The Morgan fingerprint density at radius 2 is 2.33 bits per heavy atom. The normalized spacial score (nSPS) is 29.6. The van der Waals surface area contributed by atoms with E-state index < -0.39 is 5.91 Å². The zero-order chi connectivity index (χ0) is 12.9. The highest BCUT2D eigenvalue weighted by Gasteiger charge is 2.53. The Bertz CT molecular complexity index is 583. The van der Waals surface area contributed by atoms with Gasteiger partial charge in [0.05, 0.1) is 18.7 Å². The van der Waals surface area contributed by atoms with Crippen molar-refractivity contribution in [1.82, 2.24) is 4.57 Å². The number of allylic oxidation sites excluding steroid dienone is 1. The Kier molecular flexibility index (Phi) is 2.25. The second-order valence-electron chi connectivity index (χ2n) is 4.73. The van der Waals surface area contributed by atoms with Crippen LogP contribution in [0.3, 0.4) is 0 Å². The van der Waals surface area contributed by atoms with Crippen LogP contribution in [0.25, 0.3) is 6.08 Å². The fourth-order valence-electron chi connectivity index (χ4n) is 2.59. The van der Waals surface area contributed by atoms with Crippen molar-refractivity contribution in [3.63, 3.8) is 0 Å². The lowest BCUT2D eigenvalue weighted by molar-refractivity contribution is -0.673. The van der Waals surface area contributed by atoms with Gasteiger partial charge in [-0.05, 0) is 19.9 Å².